The number of carbonyl (C=O) groups is 3. The molecule has 4 heterocycles. The molecule has 0 bridgehead atoms. The minimum absolute atomic E-state index is 0.0239. The fourth-order valence-electron chi connectivity index (χ4n) is 4.15. The second-order valence-corrected chi connectivity index (χ2v) is 10.4. The van der Waals surface area contributed by atoms with Crippen LogP contribution in [-0.2, 0) is 4.74 Å². The van der Waals surface area contributed by atoms with Crippen LogP contribution in [0.25, 0.3) is 0 Å². The highest BCUT2D eigenvalue weighted by atomic mass is 32.1. The van der Waals surface area contributed by atoms with Gasteiger partial charge in [-0.15, -0.1) is 21.5 Å². The number of hydrogen-bond donors (Lipinski definition) is 3. The number of benzene rings is 1. The van der Waals surface area contributed by atoms with E-state index in [0.717, 1.165) is 30.8 Å². The fourth-order valence-corrected chi connectivity index (χ4v) is 4.87. The largest absolute Gasteiger partial charge is 0.378 e. The molecule has 3 amide bonds. The first-order valence-corrected chi connectivity index (χ1v) is 14.5. The molecule has 5 rings (SSSR count). The lowest BCUT2D eigenvalue weighted by Crippen LogP contribution is -2.40. The van der Waals surface area contributed by atoms with Crippen molar-refractivity contribution < 1.29 is 19.1 Å². The smallest absolute Gasteiger partial charge is 0.273 e. The van der Waals surface area contributed by atoms with Gasteiger partial charge in [0.2, 0.25) is 5.95 Å². The van der Waals surface area contributed by atoms with Crippen LogP contribution in [0.1, 0.15) is 68.5 Å². The number of carbonyl (C=O) groups excluding carboxylic acids is 3. The number of aromatic nitrogens is 3. The number of morpholine rings is 1. The van der Waals surface area contributed by atoms with Crippen molar-refractivity contribution >= 4 is 46.5 Å². The summed E-state index contributed by atoms with van der Waals surface area (Å²) in [6.45, 7) is 9.95. The number of amides is 3. The van der Waals surface area contributed by atoms with E-state index < -0.39 is 5.91 Å². The third-order valence-electron chi connectivity index (χ3n) is 6.22. The van der Waals surface area contributed by atoms with E-state index in [1.165, 1.54) is 17.8 Å². The van der Waals surface area contributed by atoms with Gasteiger partial charge in [0.15, 0.2) is 11.5 Å². The Labute approximate surface area is 244 Å². The Hall–Kier alpha value is -4.10. The summed E-state index contributed by atoms with van der Waals surface area (Å²) in [6.07, 6.45) is 3.33. The summed E-state index contributed by atoms with van der Waals surface area (Å²) in [5.41, 5.74) is 11.7. The Kier molecular flexibility index (Phi) is 12.0. The molecule has 2 saturated heterocycles. The lowest BCUT2D eigenvalue weighted by Gasteiger charge is -2.27. The zero-order valence-electron chi connectivity index (χ0n) is 23.8. The topological polar surface area (TPSA) is 170 Å². The van der Waals surface area contributed by atoms with Crippen LogP contribution in [0.5, 0.6) is 0 Å². The lowest BCUT2D eigenvalue weighted by molar-refractivity contribution is 0.0303. The summed E-state index contributed by atoms with van der Waals surface area (Å²) in [5.74, 6) is -0.347. The van der Waals surface area contributed by atoms with Crippen molar-refractivity contribution in [1.29, 1.82) is 0 Å². The molecule has 0 radical (unpaired) electrons. The molecule has 0 atom stereocenters. The van der Waals surface area contributed by atoms with Gasteiger partial charge >= 0.3 is 0 Å². The number of aryl methyl sites for hydroxylation is 1. The average molecular weight is 583 g/mol. The summed E-state index contributed by atoms with van der Waals surface area (Å²) < 4.78 is 5.29. The molecule has 2 aliphatic heterocycles. The lowest BCUT2D eigenvalue weighted by atomic mass is 10.1. The SMILES string of the molecule is CC.Cc1ccc(C(N)=O)s1.NC(=O)c1nnc(N2CCCCC2)nc1Nc1ccc(C(=O)N2CCOCC2)cc1. The van der Waals surface area contributed by atoms with Gasteiger partial charge in [-0.1, -0.05) is 13.8 Å². The van der Waals surface area contributed by atoms with Crippen LogP contribution in [0.15, 0.2) is 36.4 Å². The Balaban J connectivity index is 0.000000355. The third-order valence-corrected chi connectivity index (χ3v) is 7.24. The van der Waals surface area contributed by atoms with Crippen LogP contribution in [0.4, 0.5) is 17.5 Å². The van der Waals surface area contributed by atoms with Crippen molar-refractivity contribution in [1.82, 2.24) is 20.1 Å². The summed E-state index contributed by atoms with van der Waals surface area (Å²) in [4.78, 5) is 44.9. The summed E-state index contributed by atoms with van der Waals surface area (Å²) >= 11 is 1.42. The molecule has 2 aliphatic rings. The van der Waals surface area contributed by atoms with E-state index in [1.807, 2.05) is 26.8 Å². The summed E-state index contributed by atoms with van der Waals surface area (Å²) in [5, 5.41) is 11.2. The number of rotatable bonds is 6. The highest BCUT2D eigenvalue weighted by molar-refractivity contribution is 7.13. The molecule has 0 aliphatic carbocycles. The van der Waals surface area contributed by atoms with Gasteiger partial charge in [-0.2, -0.15) is 4.98 Å². The van der Waals surface area contributed by atoms with Crippen molar-refractivity contribution in [3.63, 3.8) is 0 Å². The van der Waals surface area contributed by atoms with Gasteiger partial charge in [0.1, 0.15) is 0 Å². The number of nitrogens with zero attached hydrogens (tertiary/aromatic N) is 5. The molecule has 2 aromatic heterocycles. The van der Waals surface area contributed by atoms with E-state index in [1.54, 1.807) is 35.2 Å². The minimum Gasteiger partial charge on any atom is -0.378 e. The van der Waals surface area contributed by atoms with Gasteiger partial charge in [-0.3, -0.25) is 14.4 Å². The Morgan fingerprint density at radius 2 is 1.54 bits per heavy atom. The monoisotopic (exact) mass is 582 g/mol. The molecule has 41 heavy (non-hydrogen) atoms. The van der Waals surface area contributed by atoms with Gasteiger partial charge in [-0.25, -0.2) is 0 Å². The molecule has 0 unspecified atom stereocenters. The van der Waals surface area contributed by atoms with Gasteiger partial charge in [0.05, 0.1) is 18.1 Å². The number of thiophene rings is 1. The van der Waals surface area contributed by atoms with Crippen molar-refractivity contribution in [3.05, 3.63) is 57.4 Å². The highest BCUT2D eigenvalue weighted by Crippen LogP contribution is 2.22. The van der Waals surface area contributed by atoms with Crippen LogP contribution < -0.4 is 21.7 Å². The summed E-state index contributed by atoms with van der Waals surface area (Å²) in [6, 6.07) is 10.6. The number of anilines is 3. The molecule has 13 heteroatoms. The summed E-state index contributed by atoms with van der Waals surface area (Å²) in [7, 11) is 0. The maximum absolute atomic E-state index is 12.6. The van der Waals surface area contributed by atoms with E-state index in [0.29, 0.717) is 48.4 Å². The van der Waals surface area contributed by atoms with E-state index >= 15 is 0 Å². The van der Waals surface area contributed by atoms with Crippen LogP contribution in [0.3, 0.4) is 0 Å². The minimum atomic E-state index is -0.707. The maximum atomic E-state index is 12.6. The predicted molar refractivity (Wildman–Crippen MR) is 160 cm³/mol. The van der Waals surface area contributed by atoms with Crippen LogP contribution >= 0.6 is 11.3 Å². The Morgan fingerprint density at radius 3 is 2.07 bits per heavy atom. The van der Waals surface area contributed by atoms with Gasteiger partial charge in [0.25, 0.3) is 17.7 Å². The standard InChI is InChI=1S/C20H25N7O3.C6H7NOS.C2H6/c21-17(28)16-18(23-20(25-24-16)27-8-2-1-3-9-27)22-15-6-4-14(5-7-15)19(29)26-10-12-30-13-11-26;1-4-2-3-5(9-4)6(7)8;1-2/h4-7H,1-3,8-13H2,(H2,21,28)(H,22,23,25);2-3H,1H3,(H2,7,8);1-2H3. The fraction of sp³-hybridized carbons (Fsp3) is 0.429. The molecule has 1 aromatic carbocycles. The van der Waals surface area contributed by atoms with Crippen LogP contribution in [0.2, 0.25) is 0 Å². The first kappa shape index (κ1) is 31.4. The van der Waals surface area contributed by atoms with Crippen molar-refractivity contribution in [2.75, 3.05) is 49.6 Å². The first-order chi connectivity index (χ1) is 19.8. The molecular weight excluding hydrogens is 544 g/mol. The van der Waals surface area contributed by atoms with E-state index in [2.05, 4.69) is 25.4 Å². The molecule has 220 valence electrons. The van der Waals surface area contributed by atoms with Gasteiger partial charge < -0.3 is 31.3 Å². The second-order valence-electron chi connectivity index (χ2n) is 9.10. The molecule has 12 nitrogen and oxygen atoms in total. The number of nitrogens with one attached hydrogen (secondary N) is 1. The van der Waals surface area contributed by atoms with Crippen molar-refractivity contribution in [3.8, 4) is 0 Å². The molecule has 3 aromatic rings. The van der Waals surface area contributed by atoms with E-state index in [9.17, 15) is 14.4 Å². The predicted octanol–water partition coefficient (Wildman–Crippen LogP) is 3.36. The second kappa shape index (κ2) is 15.6. The van der Waals surface area contributed by atoms with Gasteiger partial charge in [0, 0.05) is 42.3 Å². The maximum Gasteiger partial charge on any atom is 0.273 e. The number of hydrogen-bond acceptors (Lipinski definition) is 10. The number of primary amides is 2. The highest BCUT2D eigenvalue weighted by Gasteiger charge is 2.21. The van der Waals surface area contributed by atoms with Crippen LogP contribution in [0, 0.1) is 6.92 Å². The Morgan fingerprint density at radius 1 is 0.878 bits per heavy atom. The zero-order valence-corrected chi connectivity index (χ0v) is 24.6. The molecule has 2 fully saturated rings. The van der Waals surface area contributed by atoms with Crippen molar-refractivity contribution in [2.45, 2.75) is 40.0 Å². The quantitative estimate of drug-likeness (QED) is 0.394. The molecule has 0 saturated carbocycles. The Bertz CT molecular complexity index is 1300. The zero-order chi connectivity index (χ0) is 29.8. The van der Waals surface area contributed by atoms with E-state index in [4.69, 9.17) is 16.2 Å². The molecule has 5 N–H and O–H groups in total. The third kappa shape index (κ3) is 8.95. The molecule has 0 spiro atoms. The average Bonchev–Trinajstić information content (AvgIpc) is 3.46. The van der Waals surface area contributed by atoms with Crippen molar-refractivity contribution in [2.24, 2.45) is 11.5 Å². The van der Waals surface area contributed by atoms with Crippen LogP contribution in [-0.4, -0.2) is 77.2 Å². The molecular formula is C28H38N8O4S. The number of ether oxygens (including phenoxy) is 1. The number of nitrogens with two attached hydrogens (primary N) is 2. The van der Waals surface area contributed by atoms with Gasteiger partial charge in [-0.05, 0) is 62.6 Å². The number of piperidine rings is 1. The normalized spacial score (nSPS) is 14.6. The van der Waals surface area contributed by atoms with E-state index in [-0.39, 0.29) is 23.3 Å². The first-order valence-electron chi connectivity index (χ1n) is 13.7.